The van der Waals surface area contributed by atoms with E-state index in [9.17, 15) is 5.11 Å². The van der Waals surface area contributed by atoms with Crippen molar-refractivity contribution in [2.75, 3.05) is 13.1 Å². The van der Waals surface area contributed by atoms with E-state index in [4.69, 9.17) is 0 Å². The molecule has 1 N–H and O–H groups in total. The predicted molar refractivity (Wildman–Crippen MR) is 67.2 cm³/mol. The van der Waals surface area contributed by atoms with E-state index in [1.807, 2.05) is 13.0 Å². The summed E-state index contributed by atoms with van der Waals surface area (Å²) in [7, 11) is 0. The Labute approximate surface area is 97.2 Å². The molecule has 0 aliphatic carbocycles. The lowest BCUT2D eigenvalue weighted by molar-refractivity contribution is 0.119. The van der Waals surface area contributed by atoms with Crippen molar-refractivity contribution < 1.29 is 5.11 Å². The number of β-amino-alcohol motifs (C(OH)–C–C–N with tert-alkyl or cyclic N) is 1. The van der Waals surface area contributed by atoms with Crippen LogP contribution in [0.3, 0.4) is 0 Å². The van der Waals surface area contributed by atoms with Crippen molar-refractivity contribution in [3.63, 3.8) is 0 Å². The minimum atomic E-state index is -0.246. The quantitative estimate of drug-likeness (QED) is 0.838. The van der Waals surface area contributed by atoms with Crippen molar-refractivity contribution in [1.82, 2.24) is 4.90 Å². The van der Waals surface area contributed by atoms with Gasteiger partial charge in [0.2, 0.25) is 0 Å². The molecule has 0 aromatic heterocycles. The SMILES string of the molecule is C=Cc1ccc2c(c1)CN(C[C@@H](C)O)CC2. The fourth-order valence-electron chi connectivity index (χ4n) is 2.29. The Morgan fingerprint density at radius 2 is 2.31 bits per heavy atom. The third-order valence-electron chi connectivity index (χ3n) is 3.08. The lowest BCUT2D eigenvalue weighted by Crippen LogP contribution is -2.35. The highest BCUT2D eigenvalue weighted by Gasteiger charge is 2.17. The Hall–Kier alpha value is -1.12. The molecule has 0 radical (unpaired) electrons. The minimum Gasteiger partial charge on any atom is -0.392 e. The van der Waals surface area contributed by atoms with Gasteiger partial charge in [0.1, 0.15) is 0 Å². The average molecular weight is 217 g/mol. The fourth-order valence-corrected chi connectivity index (χ4v) is 2.29. The van der Waals surface area contributed by atoms with Crippen LogP contribution in [0.2, 0.25) is 0 Å². The second-order valence-electron chi connectivity index (χ2n) is 4.57. The Kier molecular flexibility index (Phi) is 3.42. The van der Waals surface area contributed by atoms with E-state index in [1.54, 1.807) is 0 Å². The smallest absolute Gasteiger partial charge is 0.0639 e. The molecule has 1 aliphatic heterocycles. The van der Waals surface area contributed by atoms with E-state index in [0.29, 0.717) is 0 Å². The third-order valence-corrected chi connectivity index (χ3v) is 3.08. The summed E-state index contributed by atoms with van der Waals surface area (Å²) in [5, 5.41) is 9.40. The summed E-state index contributed by atoms with van der Waals surface area (Å²) in [6.45, 7) is 8.39. The molecule has 0 unspecified atom stereocenters. The molecule has 0 spiro atoms. The van der Waals surface area contributed by atoms with Gasteiger partial charge in [-0.25, -0.2) is 0 Å². The molecule has 2 heteroatoms. The maximum absolute atomic E-state index is 9.40. The van der Waals surface area contributed by atoms with E-state index >= 15 is 0 Å². The maximum atomic E-state index is 9.40. The van der Waals surface area contributed by atoms with Gasteiger partial charge in [0, 0.05) is 19.6 Å². The Morgan fingerprint density at radius 3 is 3.00 bits per heavy atom. The molecule has 2 nitrogen and oxygen atoms in total. The van der Waals surface area contributed by atoms with Crippen molar-refractivity contribution in [2.45, 2.75) is 26.0 Å². The highest BCUT2D eigenvalue weighted by molar-refractivity contribution is 5.50. The summed E-state index contributed by atoms with van der Waals surface area (Å²) in [6.07, 6.45) is 2.72. The first-order valence-electron chi connectivity index (χ1n) is 5.83. The van der Waals surface area contributed by atoms with Crippen molar-refractivity contribution in [3.8, 4) is 0 Å². The van der Waals surface area contributed by atoms with Gasteiger partial charge in [-0.1, -0.05) is 30.9 Å². The van der Waals surface area contributed by atoms with Crippen LogP contribution in [-0.2, 0) is 13.0 Å². The maximum Gasteiger partial charge on any atom is 0.0639 e. The Bertz CT molecular complexity index is 384. The predicted octanol–water partition coefficient (Wildman–Crippen LogP) is 2.07. The topological polar surface area (TPSA) is 23.5 Å². The van der Waals surface area contributed by atoms with E-state index in [-0.39, 0.29) is 6.10 Å². The second kappa shape index (κ2) is 4.81. The normalized spacial score (nSPS) is 17.9. The Balaban J connectivity index is 2.15. The summed E-state index contributed by atoms with van der Waals surface area (Å²) in [5.41, 5.74) is 3.99. The van der Waals surface area contributed by atoms with Gasteiger partial charge in [0.25, 0.3) is 0 Å². The van der Waals surface area contributed by atoms with Crippen molar-refractivity contribution in [1.29, 1.82) is 0 Å². The number of aliphatic hydroxyl groups is 1. The number of aliphatic hydroxyl groups excluding tert-OH is 1. The molecule has 1 atom stereocenters. The number of fused-ring (bicyclic) bond motifs is 1. The summed E-state index contributed by atoms with van der Waals surface area (Å²) in [4.78, 5) is 2.31. The van der Waals surface area contributed by atoms with E-state index in [1.165, 1.54) is 16.7 Å². The van der Waals surface area contributed by atoms with Crippen molar-refractivity contribution in [3.05, 3.63) is 41.5 Å². The molecule has 2 rings (SSSR count). The molecular weight excluding hydrogens is 198 g/mol. The number of hydrogen-bond donors (Lipinski definition) is 1. The van der Waals surface area contributed by atoms with Gasteiger partial charge >= 0.3 is 0 Å². The highest BCUT2D eigenvalue weighted by atomic mass is 16.3. The molecule has 1 heterocycles. The van der Waals surface area contributed by atoms with Gasteiger partial charge in [-0.2, -0.15) is 0 Å². The van der Waals surface area contributed by atoms with Crippen LogP contribution >= 0.6 is 0 Å². The second-order valence-corrected chi connectivity index (χ2v) is 4.57. The molecule has 0 amide bonds. The summed E-state index contributed by atoms with van der Waals surface area (Å²) < 4.78 is 0. The van der Waals surface area contributed by atoms with Gasteiger partial charge < -0.3 is 5.11 Å². The number of benzene rings is 1. The van der Waals surface area contributed by atoms with Crippen LogP contribution in [0.4, 0.5) is 0 Å². The molecule has 86 valence electrons. The van der Waals surface area contributed by atoms with Crippen LogP contribution in [-0.4, -0.2) is 29.2 Å². The monoisotopic (exact) mass is 217 g/mol. The average Bonchev–Trinajstić information content (AvgIpc) is 2.27. The number of hydrogen-bond acceptors (Lipinski definition) is 2. The highest BCUT2D eigenvalue weighted by Crippen LogP contribution is 2.20. The molecule has 1 aromatic carbocycles. The molecule has 0 fully saturated rings. The third kappa shape index (κ3) is 2.52. The standard InChI is InChI=1S/C14H19NO/c1-3-12-4-5-13-6-7-15(9-11(2)16)10-14(13)8-12/h3-5,8,11,16H,1,6-7,9-10H2,2H3/t11-/m1/s1. The first kappa shape index (κ1) is 11.4. The van der Waals surface area contributed by atoms with Gasteiger partial charge in [0.05, 0.1) is 6.10 Å². The van der Waals surface area contributed by atoms with Crippen LogP contribution < -0.4 is 0 Å². The van der Waals surface area contributed by atoms with Crippen molar-refractivity contribution in [2.24, 2.45) is 0 Å². The summed E-state index contributed by atoms with van der Waals surface area (Å²) in [5.74, 6) is 0. The first-order valence-corrected chi connectivity index (χ1v) is 5.83. The zero-order valence-corrected chi connectivity index (χ0v) is 9.82. The van der Waals surface area contributed by atoms with Gasteiger partial charge in [-0.3, -0.25) is 4.90 Å². The molecule has 0 saturated carbocycles. The lowest BCUT2D eigenvalue weighted by atomic mass is 9.97. The van der Waals surface area contributed by atoms with Gasteiger partial charge in [-0.05, 0) is 30.0 Å². The first-order chi connectivity index (χ1) is 7.69. The number of nitrogens with zero attached hydrogens (tertiary/aromatic N) is 1. The zero-order valence-electron chi connectivity index (χ0n) is 9.82. The fraction of sp³-hybridized carbons (Fsp3) is 0.429. The molecular formula is C14H19NO. The van der Waals surface area contributed by atoms with E-state index < -0.39 is 0 Å². The Morgan fingerprint density at radius 1 is 1.50 bits per heavy atom. The molecule has 16 heavy (non-hydrogen) atoms. The van der Waals surface area contributed by atoms with E-state index in [0.717, 1.165) is 26.1 Å². The summed E-state index contributed by atoms with van der Waals surface area (Å²) >= 11 is 0. The summed E-state index contributed by atoms with van der Waals surface area (Å²) in [6, 6.07) is 6.53. The minimum absolute atomic E-state index is 0.246. The molecule has 0 bridgehead atoms. The van der Waals surface area contributed by atoms with Gasteiger partial charge in [-0.15, -0.1) is 0 Å². The van der Waals surface area contributed by atoms with Gasteiger partial charge in [0.15, 0.2) is 0 Å². The van der Waals surface area contributed by atoms with Crippen LogP contribution in [0.1, 0.15) is 23.6 Å². The molecule has 1 aliphatic rings. The van der Waals surface area contributed by atoms with Crippen molar-refractivity contribution >= 4 is 6.08 Å². The van der Waals surface area contributed by atoms with Crippen LogP contribution in [0, 0.1) is 0 Å². The number of rotatable bonds is 3. The van der Waals surface area contributed by atoms with Crippen LogP contribution in [0.25, 0.3) is 6.08 Å². The molecule has 1 aromatic rings. The lowest BCUT2D eigenvalue weighted by Gasteiger charge is -2.29. The van der Waals surface area contributed by atoms with E-state index in [2.05, 4.69) is 29.7 Å². The molecule has 0 saturated heterocycles. The van der Waals surface area contributed by atoms with Crippen LogP contribution in [0.5, 0.6) is 0 Å². The zero-order chi connectivity index (χ0) is 11.5. The largest absolute Gasteiger partial charge is 0.392 e. The van der Waals surface area contributed by atoms with Crippen LogP contribution in [0.15, 0.2) is 24.8 Å².